The zero-order valence-corrected chi connectivity index (χ0v) is 67.7. The molecule has 1 aromatic heterocycles. The highest BCUT2D eigenvalue weighted by atomic mass is 16.4. The minimum Gasteiger partial charge on any atom is -0.480 e. The maximum Gasteiger partial charge on any atom is 0.326 e. The van der Waals surface area contributed by atoms with E-state index in [4.69, 9.17) is 51.6 Å². The average Bonchev–Trinajstić information content (AvgIpc) is 1.79. The van der Waals surface area contributed by atoms with Crippen molar-refractivity contribution < 1.29 is 67.4 Å². The maximum atomic E-state index is 15.2. The summed E-state index contributed by atoms with van der Waals surface area (Å²) >= 11 is 0. The first-order valence-electron chi connectivity index (χ1n) is 39.9. The lowest BCUT2D eigenvalue weighted by Gasteiger charge is -2.32. The molecule has 2 aromatic carbocycles. The van der Waals surface area contributed by atoms with Crippen molar-refractivity contribution in [2.24, 2.45) is 84.3 Å². The highest BCUT2D eigenvalue weighted by Gasteiger charge is 2.42. The van der Waals surface area contributed by atoms with E-state index in [0.717, 1.165) is 10.9 Å². The van der Waals surface area contributed by atoms with E-state index in [9.17, 15) is 57.8 Å². The van der Waals surface area contributed by atoms with Crippen LogP contribution in [-0.4, -0.2) is 229 Å². The molecular formula is C77H127N25O14. The summed E-state index contributed by atoms with van der Waals surface area (Å²) in [5, 5.41) is 40.9. The summed E-state index contributed by atoms with van der Waals surface area (Å²) in [4.78, 5) is 201. The van der Waals surface area contributed by atoms with Crippen molar-refractivity contribution in [3.8, 4) is 0 Å². The molecule has 31 N–H and O–H groups in total. The molecule has 3 aromatic rings. The molecule has 0 unspecified atom stereocenters. The van der Waals surface area contributed by atoms with Gasteiger partial charge in [0, 0.05) is 56.1 Å². The van der Waals surface area contributed by atoms with Gasteiger partial charge in [-0.15, -0.1) is 0 Å². The number of H-pyrrole nitrogens is 1. The number of carbonyl (C=O) groups excluding carboxylic acids is 12. The molecule has 0 spiro atoms. The zero-order valence-electron chi connectivity index (χ0n) is 67.7. The maximum absolute atomic E-state index is 15.2. The summed E-state index contributed by atoms with van der Waals surface area (Å²) in [5.74, 6) is -12.4. The third kappa shape index (κ3) is 34.9. The Morgan fingerprint density at radius 1 is 0.483 bits per heavy atom. The number of hydrogen-bond donors (Lipinski definition) is 22. The lowest BCUT2D eigenvalue weighted by atomic mass is 9.96. The Morgan fingerprint density at radius 3 is 1.39 bits per heavy atom. The van der Waals surface area contributed by atoms with Gasteiger partial charge in [-0.3, -0.25) is 72.5 Å². The van der Waals surface area contributed by atoms with E-state index < -0.39 is 156 Å². The molecule has 2 heterocycles. The Bertz CT molecular complexity index is 3790. The molecule has 1 aliphatic heterocycles. The van der Waals surface area contributed by atoms with Gasteiger partial charge in [0.25, 0.3) is 0 Å². The smallest absolute Gasteiger partial charge is 0.326 e. The number of guanidine groups is 3. The van der Waals surface area contributed by atoms with Crippen molar-refractivity contribution in [1.29, 1.82) is 0 Å². The number of likely N-dealkylation sites (tertiary alicyclic amines) is 1. The van der Waals surface area contributed by atoms with Crippen LogP contribution < -0.4 is 110 Å². The molecule has 39 heteroatoms. The van der Waals surface area contributed by atoms with Gasteiger partial charge in [0.2, 0.25) is 70.9 Å². The fraction of sp³-hybridized carbons (Fsp3) is 0.610. The second-order valence-corrected chi connectivity index (χ2v) is 29.9. The number of para-hydroxylation sites is 1. The Labute approximate surface area is 677 Å². The van der Waals surface area contributed by atoms with Crippen molar-refractivity contribution in [2.75, 3.05) is 52.4 Å². The second-order valence-electron chi connectivity index (χ2n) is 29.9. The molecule has 12 atom stereocenters. The number of rotatable bonds is 54. The van der Waals surface area contributed by atoms with Crippen molar-refractivity contribution in [2.45, 2.75) is 230 Å². The van der Waals surface area contributed by atoms with Gasteiger partial charge < -0.3 is 125 Å². The van der Waals surface area contributed by atoms with Crippen molar-refractivity contribution >= 4 is 106 Å². The first-order chi connectivity index (χ1) is 55.2. The molecule has 1 fully saturated rings. The largest absolute Gasteiger partial charge is 0.480 e. The number of carboxylic acids is 1. The minimum absolute atomic E-state index is 0.00439. The highest BCUT2D eigenvalue weighted by Crippen LogP contribution is 2.24. The van der Waals surface area contributed by atoms with Crippen LogP contribution in [0.15, 0.2) is 75.8 Å². The number of hydrogen-bond acceptors (Lipinski definition) is 19. The van der Waals surface area contributed by atoms with E-state index in [0.29, 0.717) is 43.2 Å². The Balaban J connectivity index is 1.64. The van der Waals surface area contributed by atoms with Crippen molar-refractivity contribution in [1.82, 2.24) is 68.4 Å². The lowest BCUT2D eigenvalue weighted by Crippen LogP contribution is -2.61. The van der Waals surface area contributed by atoms with E-state index in [1.54, 1.807) is 64.2 Å². The number of aromatic amines is 1. The molecule has 39 nitrogen and oxygen atoms in total. The Hall–Kier alpha value is -11.2. The monoisotopic (exact) mass is 1630 g/mol. The zero-order chi connectivity index (χ0) is 86.0. The number of amides is 12. The van der Waals surface area contributed by atoms with E-state index in [1.165, 1.54) is 4.90 Å². The number of unbranched alkanes of at least 4 members (excludes halogenated alkanes) is 2. The number of aromatic nitrogens is 1. The van der Waals surface area contributed by atoms with Gasteiger partial charge in [0.05, 0.1) is 13.1 Å². The van der Waals surface area contributed by atoms with Crippen LogP contribution in [-0.2, 0) is 75.2 Å². The minimum atomic E-state index is -1.47. The van der Waals surface area contributed by atoms with Gasteiger partial charge in [-0.1, -0.05) is 96.5 Å². The molecule has 116 heavy (non-hydrogen) atoms. The number of nitrogens with two attached hydrogens (primary N) is 9. The van der Waals surface area contributed by atoms with Crippen LogP contribution in [0.4, 0.5) is 0 Å². The number of benzene rings is 2. The van der Waals surface area contributed by atoms with Gasteiger partial charge in [0.15, 0.2) is 17.9 Å². The van der Waals surface area contributed by atoms with Crippen LogP contribution in [0.2, 0.25) is 0 Å². The molecule has 0 bridgehead atoms. The molecule has 1 saturated heterocycles. The first-order valence-corrected chi connectivity index (χ1v) is 39.9. The number of carbonyl (C=O) groups is 13. The first kappa shape index (κ1) is 97.1. The number of nitrogens with one attached hydrogen (secondary N) is 12. The topological polar surface area (TPSA) is 665 Å². The predicted molar refractivity (Wildman–Crippen MR) is 440 cm³/mol. The summed E-state index contributed by atoms with van der Waals surface area (Å²) < 4.78 is 0. The molecule has 1 aliphatic rings. The standard InChI is InChI=1S/C77H127N25O14/c1-7-46(6)63(101-67(108)54(28-18-34-88-76(83)84)93-64(105)53(27-17-33-87-75(81)82)95-69(110)57(38-45(4)5)99-70(111)58(39-47-21-9-8-10-22-47)92-62(104)43-91-61(103)41-80)72(113)97-55(29-19-35-89-77(85)86)73(114)102-36-20-30-60(102)71(112)96-52(26-14-16-32-79)65(106)98-56(37-44(2)3)68(109)94-51(25-13-15-31-78)66(107)100-59(74(115)116)40-48-42-90-50-24-12-11-23-49(48)50/h8-12,21-24,42,44-46,51-60,63,90H,7,13-20,25-41,43,78-80H2,1-6H3,(H,91,103)(H,92,104)(H,93,105)(H,94,109)(H,95,110)(H,96,112)(H,97,113)(H,98,106)(H,99,111)(H,100,107)(H,101,108)(H,115,116)(H4,81,82,87)(H4,83,84,88)(H4,85,86,89)/t46-,51-,52-,53-,54-,55-,56-,57-,58-,59-,60-,63-/m0/s1. The van der Waals surface area contributed by atoms with Crippen LogP contribution in [0, 0.1) is 17.8 Å². The lowest BCUT2D eigenvalue weighted by molar-refractivity contribution is -0.143. The number of fused-ring (bicyclic) bond motifs is 1. The van der Waals surface area contributed by atoms with Crippen LogP contribution >= 0.6 is 0 Å². The van der Waals surface area contributed by atoms with E-state index in [1.807, 2.05) is 38.1 Å². The fourth-order valence-electron chi connectivity index (χ4n) is 13.1. The number of nitrogens with zero attached hydrogens (tertiary/aromatic N) is 4. The summed E-state index contributed by atoms with van der Waals surface area (Å²) in [5.41, 5.74) is 53.1. The molecule has 4 rings (SSSR count). The molecule has 12 amide bonds. The van der Waals surface area contributed by atoms with E-state index in [2.05, 4.69) is 78.4 Å². The summed E-state index contributed by atoms with van der Waals surface area (Å²) in [6.07, 6.45) is 4.03. The van der Waals surface area contributed by atoms with Gasteiger partial charge in [-0.2, -0.15) is 0 Å². The van der Waals surface area contributed by atoms with E-state index >= 15 is 9.59 Å². The van der Waals surface area contributed by atoms with E-state index in [-0.39, 0.29) is 165 Å². The van der Waals surface area contributed by atoms with Crippen LogP contribution in [0.25, 0.3) is 10.9 Å². The SMILES string of the molecule is CC[C@H](C)[C@H](NC(=O)[C@H](CCCN=C(N)N)NC(=O)[C@H](CCCN=C(N)N)NC(=O)[C@H](CC(C)C)NC(=O)[C@H](Cc1ccccc1)NC(=O)CNC(=O)CN)C(=O)N[C@@H](CCCN=C(N)N)C(=O)N1CCC[C@H]1C(=O)N[C@@H](CCCCN)C(=O)N[C@@H](CC(C)C)C(=O)N[C@@H](CCCCN)C(=O)N[C@@H](Cc1c[nH]c2ccccc12)C(=O)O. The normalized spacial score (nSPS) is 15.3. The molecule has 0 saturated carbocycles. The van der Waals surface area contributed by atoms with Crippen molar-refractivity contribution in [3.05, 3.63) is 71.9 Å². The Morgan fingerprint density at radius 2 is 0.914 bits per heavy atom. The number of carboxylic acid groups (broad SMARTS) is 1. The summed E-state index contributed by atoms with van der Waals surface area (Å²) in [6.45, 7) is 10.3. The van der Waals surface area contributed by atoms with Crippen LogP contribution in [0.1, 0.15) is 162 Å². The quantitative estimate of drug-likeness (QED) is 0.0148. The second kappa shape index (κ2) is 51.6. The summed E-state index contributed by atoms with van der Waals surface area (Å²) in [7, 11) is 0. The third-order valence-electron chi connectivity index (χ3n) is 19.5. The van der Waals surface area contributed by atoms with Crippen molar-refractivity contribution in [3.63, 3.8) is 0 Å². The number of aliphatic carboxylic acids is 1. The van der Waals surface area contributed by atoms with Gasteiger partial charge in [-0.25, -0.2) is 4.79 Å². The highest BCUT2D eigenvalue weighted by molar-refractivity contribution is 6.00. The molecule has 644 valence electrons. The molecule has 0 aliphatic carbocycles. The third-order valence-corrected chi connectivity index (χ3v) is 19.5. The average molecular weight is 1630 g/mol. The predicted octanol–water partition coefficient (Wildman–Crippen LogP) is -3.49. The molecule has 0 radical (unpaired) electrons. The van der Waals surface area contributed by atoms with Gasteiger partial charge in [0.1, 0.15) is 66.5 Å². The molecular weight excluding hydrogens is 1500 g/mol. The van der Waals surface area contributed by atoms with Crippen LogP contribution in [0.5, 0.6) is 0 Å². The number of aliphatic imine (C=N–C) groups is 3. The summed E-state index contributed by atoms with van der Waals surface area (Å²) in [6, 6.07) is 1.27. The van der Waals surface area contributed by atoms with Gasteiger partial charge in [-0.05, 0) is 151 Å². The van der Waals surface area contributed by atoms with Gasteiger partial charge >= 0.3 is 5.97 Å². The fourth-order valence-corrected chi connectivity index (χ4v) is 13.1. The Kier molecular flexibility index (Phi) is 43.2. The van der Waals surface area contributed by atoms with Crippen LogP contribution in [0.3, 0.4) is 0 Å².